The summed E-state index contributed by atoms with van der Waals surface area (Å²) >= 11 is 11.7. The van der Waals surface area contributed by atoms with Crippen molar-refractivity contribution in [2.45, 2.75) is 43.0 Å². The van der Waals surface area contributed by atoms with Crippen molar-refractivity contribution in [2.75, 3.05) is 42.7 Å². The number of ether oxygens (including phenoxy) is 1. The molecule has 0 atom stereocenters. The summed E-state index contributed by atoms with van der Waals surface area (Å²) in [6, 6.07) is 17.3. The van der Waals surface area contributed by atoms with Crippen LogP contribution in [0.3, 0.4) is 0 Å². The number of carboxylic acids is 1. The highest BCUT2D eigenvalue weighted by molar-refractivity contribution is 9.10. The van der Waals surface area contributed by atoms with Gasteiger partial charge in [-0.25, -0.2) is 21.6 Å². The second-order valence-electron chi connectivity index (χ2n) is 13.1. The molecule has 0 spiro atoms. The molecule has 0 saturated carbocycles. The summed E-state index contributed by atoms with van der Waals surface area (Å²) in [5, 5.41) is 18.5. The minimum atomic E-state index is -3.30. The third-order valence-corrected chi connectivity index (χ3v) is 12.9. The first-order chi connectivity index (χ1) is 27.4. The first-order valence-electron chi connectivity index (χ1n) is 17.4. The molecule has 4 aromatic rings. The van der Waals surface area contributed by atoms with Crippen LogP contribution in [0.15, 0.2) is 97.8 Å². The van der Waals surface area contributed by atoms with E-state index in [1.165, 1.54) is 29.0 Å². The zero-order valence-corrected chi connectivity index (χ0v) is 38.3. The maximum absolute atomic E-state index is 12.1. The highest BCUT2D eigenvalue weighted by Gasteiger charge is 2.31. The number of hydrazone groups is 1. The number of benzene rings is 2. The molecule has 0 saturated heterocycles. The van der Waals surface area contributed by atoms with E-state index in [4.69, 9.17) is 21.4 Å². The summed E-state index contributed by atoms with van der Waals surface area (Å²) < 4.78 is 56.2. The minimum absolute atomic E-state index is 0.0136. The molecule has 2 N–H and O–H groups in total. The zero-order chi connectivity index (χ0) is 42.8. The quantitative estimate of drug-likeness (QED) is 0.0585. The summed E-state index contributed by atoms with van der Waals surface area (Å²) in [6.07, 6.45) is 11.4. The lowest BCUT2D eigenvalue weighted by molar-refractivity contribution is -0.520. The maximum atomic E-state index is 12.1. The monoisotopic (exact) mass is 952 g/mol. The van der Waals surface area contributed by atoms with Crippen LogP contribution < -0.4 is 0 Å². The van der Waals surface area contributed by atoms with Crippen molar-refractivity contribution in [1.82, 2.24) is 14.8 Å². The Morgan fingerprint density at radius 3 is 2.09 bits per heavy atom. The van der Waals surface area contributed by atoms with Gasteiger partial charge in [0.25, 0.3) is 6.54 Å². The normalized spacial score (nSPS) is 13.8. The van der Waals surface area contributed by atoms with Gasteiger partial charge in [-0.15, -0.1) is 35.1 Å². The summed E-state index contributed by atoms with van der Waals surface area (Å²) in [6.45, 7) is 3.54. The minimum Gasteiger partial charge on any atom is -0.476 e. The number of esters is 1. The van der Waals surface area contributed by atoms with E-state index in [0.29, 0.717) is 34.6 Å². The number of aryl methyl sites for hydroxylation is 1. The van der Waals surface area contributed by atoms with Crippen LogP contribution in [0.1, 0.15) is 31.0 Å². The van der Waals surface area contributed by atoms with Crippen LogP contribution in [0.4, 0.5) is 0 Å². The molecular formula is C39H44BrClN5O8S4+. The van der Waals surface area contributed by atoms with E-state index in [9.17, 15) is 26.4 Å². The summed E-state index contributed by atoms with van der Waals surface area (Å²) in [7, 11) is -6.55. The molecule has 2 aliphatic rings. The molecule has 6 rings (SSSR count). The largest absolute Gasteiger partial charge is 0.476 e. The van der Waals surface area contributed by atoms with Crippen molar-refractivity contribution in [1.29, 1.82) is 0 Å². The van der Waals surface area contributed by atoms with Crippen molar-refractivity contribution in [2.24, 2.45) is 5.10 Å². The van der Waals surface area contributed by atoms with Crippen molar-refractivity contribution >= 4 is 99.7 Å². The highest BCUT2D eigenvalue weighted by Crippen LogP contribution is 2.34. The van der Waals surface area contributed by atoms with Gasteiger partial charge in [-0.05, 0) is 100 Å². The first-order valence-corrected chi connectivity index (χ1v) is 25.3. The molecule has 3 heterocycles. The van der Waals surface area contributed by atoms with Gasteiger partial charge in [0.1, 0.15) is 12.5 Å². The van der Waals surface area contributed by atoms with E-state index in [2.05, 4.69) is 31.1 Å². The van der Waals surface area contributed by atoms with Crippen LogP contribution >= 0.6 is 51.1 Å². The molecule has 0 amide bonds. The second-order valence-corrected chi connectivity index (χ2v) is 20.2. The molecule has 310 valence electrons. The Hall–Kier alpha value is -3.94. The topological polar surface area (TPSA) is 181 Å². The Morgan fingerprint density at radius 2 is 1.50 bits per heavy atom. The van der Waals surface area contributed by atoms with Crippen LogP contribution in [0.25, 0.3) is 28.2 Å². The number of nitrogens with zero attached hydrogens (tertiary/aromatic N) is 4. The summed E-state index contributed by atoms with van der Waals surface area (Å²) in [4.78, 5) is 26.9. The number of rotatable bonds is 13. The molecule has 1 aliphatic heterocycles. The van der Waals surface area contributed by atoms with E-state index in [-0.39, 0.29) is 24.0 Å². The van der Waals surface area contributed by atoms with Crippen LogP contribution in [0.2, 0.25) is 0 Å². The number of allylic oxidation sites excluding steroid dienone is 4. The number of thioether (sulfide) groups is 2. The fraction of sp³-hybridized carbons (Fsp3) is 0.308. The van der Waals surface area contributed by atoms with Crippen LogP contribution in [0.5, 0.6) is 0 Å². The molecule has 19 heteroatoms. The Bertz CT molecular complexity index is 2520. The van der Waals surface area contributed by atoms with E-state index >= 15 is 0 Å². The number of aromatic nitrogens is 3. The van der Waals surface area contributed by atoms with Crippen molar-refractivity contribution in [3.63, 3.8) is 0 Å². The molecule has 13 nitrogen and oxygen atoms in total. The third-order valence-electron chi connectivity index (χ3n) is 8.48. The number of carbonyl (C=O) groups is 2. The number of alkyl halides is 1. The molecule has 1 aliphatic carbocycles. The SMILES string of the molecule is CC1=N[N+](CC(=O)O)=C(C2=CC=C(c3cccc(S(C)(=O)=O)c3)C2)C1.CSCCl.CSCOC(=O)Cn1nc(C)c(Br)c1-c1ccc(-c2cccc(S(C)(=O)=O)c2)[nH]1. The molecule has 0 radical (unpaired) electrons. The van der Waals surface area contributed by atoms with Gasteiger partial charge in [0, 0.05) is 30.2 Å². The molecule has 58 heavy (non-hydrogen) atoms. The number of nitrogens with one attached hydrogen (secondary N) is 1. The fourth-order valence-electron chi connectivity index (χ4n) is 5.84. The average molecular weight is 954 g/mol. The van der Waals surface area contributed by atoms with Gasteiger partial charge in [0.2, 0.25) is 5.71 Å². The fourth-order valence-corrected chi connectivity index (χ4v) is 7.92. The molecule has 0 fully saturated rings. The van der Waals surface area contributed by atoms with E-state index in [1.807, 2.05) is 62.8 Å². The number of sulfone groups is 2. The Kier molecular flexibility index (Phi) is 16.8. The van der Waals surface area contributed by atoms with Gasteiger partial charge in [-0.2, -0.15) is 5.10 Å². The van der Waals surface area contributed by atoms with Gasteiger partial charge in [0.15, 0.2) is 19.7 Å². The summed E-state index contributed by atoms with van der Waals surface area (Å²) in [5.41, 5.74) is 8.36. The standard InChI is InChI=1S/C19H20BrN3O4S2.C18H18N2O4S.C2H5ClS/c1-12-18(20)19(23(22-12)10-17(24)27-11-28-2)16-8-7-15(21-16)13-5-4-6-14(9-13)29(3,25)26;1-12-8-17(20(19-12)11-18(21)22)15-7-6-14(9-15)13-4-3-5-16(10-13)25(2,23)24;1-4-2-3/h4-9,21H,10-11H2,1-3H3;3-7,10H,8-9,11H2,1-2H3;2H2,1H3/p+1. The van der Waals surface area contributed by atoms with Crippen molar-refractivity contribution in [3.05, 3.63) is 94.1 Å². The Balaban J connectivity index is 0.000000237. The van der Waals surface area contributed by atoms with E-state index in [1.54, 1.807) is 52.8 Å². The van der Waals surface area contributed by atoms with Gasteiger partial charge in [-0.3, -0.25) is 9.48 Å². The Morgan fingerprint density at radius 1 is 0.914 bits per heavy atom. The number of carbonyl (C=O) groups excluding carboxylic acids is 1. The number of aromatic amines is 1. The molecular weight excluding hydrogens is 910 g/mol. The zero-order valence-electron chi connectivity index (χ0n) is 32.7. The predicted octanol–water partition coefficient (Wildman–Crippen LogP) is 7.55. The lowest BCUT2D eigenvalue weighted by Crippen LogP contribution is -2.21. The third kappa shape index (κ3) is 12.8. The first kappa shape index (κ1) is 46.7. The maximum Gasteiger partial charge on any atom is 0.372 e. The molecule has 0 bridgehead atoms. The van der Waals surface area contributed by atoms with E-state index in [0.717, 1.165) is 55.3 Å². The van der Waals surface area contributed by atoms with Crippen molar-refractivity contribution in [3.8, 4) is 22.6 Å². The molecule has 2 aromatic carbocycles. The lowest BCUT2D eigenvalue weighted by atomic mass is 9.99. The number of H-pyrrole nitrogens is 1. The van der Waals surface area contributed by atoms with Crippen LogP contribution in [-0.4, -0.2) is 107 Å². The number of hydrogen-bond acceptors (Lipinski definition) is 11. The van der Waals surface area contributed by atoms with Crippen LogP contribution in [-0.2, 0) is 40.5 Å². The van der Waals surface area contributed by atoms with Gasteiger partial charge in [-0.1, -0.05) is 41.1 Å². The molecule has 2 aromatic heterocycles. The number of aliphatic carboxylic acids is 1. The smallest absolute Gasteiger partial charge is 0.372 e. The predicted molar refractivity (Wildman–Crippen MR) is 237 cm³/mol. The number of halogens is 2. The second kappa shape index (κ2) is 20.8. The number of carboxylic acid groups (broad SMARTS) is 1. The highest BCUT2D eigenvalue weighted by atomic mass is 79.9. The van der Waals surface area contributed by atoms with E-state index < -0.39 is 25.6 Å². The average Bonchev–Trinajstić information content (AvgIpc) is 3.98. The van der Waals surface area contributed by atoms with Gasteiger partial charge >= 0.3 is 11.9 Å². The lowest BCUT2D eigenvalue weighted by Gasteiger charge is -2.07. The van der Waals surface area contributed by atoms with Gasteiger partial charge < -0.3 is 14.8 Å². The molecule has 0 unspecified atom stereocenters. The van der Waals surface area contributed by atoms with Crippen LogP contribution in [0, 0.1) is 6.92 Å². The number of hydrogen-bond donors (Lipinski definition) is 2. The van der Waals surface area contributed by atoms with Crippen molar-refractivity contribution < 1.29 is 41.0 Å². The summed E-state index contributed by atoms with van der Waals surface area (Å²) in [5.74, 6) is -1.01. The Labute approximate surface area is 360 Å². The van der Waals surface area contributed by atoms with Gasteiger partial charge in [0.05, 0.1) is 48.7 Å².